The summed E-state index contributed by atoms with van der Waals surface area (Å²) in [6, 6.07) is 0. The van der Waals surface area contributed by atoms with Crippen molar-refractivity contribution in [2.45, 2.75) is 19.3 Å². The Kier molecular flexibility index (Phi) is 7.39. The highest BCUT2D eigenvalue weighted by molar-refractivity contribution is 7.99. The third kappa shape index (κ3) is 9.14. The Bertz CT molecular complexity index is 192. The Morgan fingerprint density at radius 1 is 1.38 bits per heavy atom. The number of thioether (sulfide) groups is 1. The molecule has 0 spiro atoms. The van der Waals surface area contributed by atoms with Gasteiger partial charge >= 0.3 is 0 Å². The maximum Gasteiger partial charge on any atom is 0.227 e. The van der Waals surface area contributed by atoms with Crippen molar-refractivity contribution < 1.29 is 9.59 Å². The SMILES string of the molecule is C=CC(=O)CCCCSCC(N)=O. The molecular weight excluding hydrogens is 186 g/mol. The highest BCUT2D eigenvalue weighted by Crippen LogP contribution is 2.05. The minimum Gasteiger partial charge on any atom is -0.369 e. The molecule has 4 heteroatoms. The number of unbranched alkanes of at least 4 members (excludes halogenated alkanes) is 1. The van der Waals surface area contributed by atoms with Crippen LogP contribution in [0.1, 0.15) is 19.3 Å². The fourth-order valence-corrected chi connectivity index (χ4v) is 1.53. The van der Waals surface area contributed by atoms with Crippen LogP contribution in [-0.2, 0) is 9.59 Å². The number of carbonyl (C=O) groups excluding carboxylic acids is 2. The number of hydrogen-bond acceptors (Lipinski definition) is 3. The van der Waals surface area contributed by atoms with E-state index in [1.165, 1.54) is 17.8 Å². The van der Waals surface area contributed by atoms with Crippen LogP contribution >= 0.6 is 11.8 Å². The molecule has 0 aromatic rings. The molecule has 0 saturated heterocycles. The van der Waals surface area contributed by atoms with Gasteiger partial charge in [0.15, 0.2) is 5.78 Å². The van der Waals surface area contributed by atoms with Crippen LogP contribution in [0, 0.1) is 0 Å². The zero-order valence-electron chi connectivity index (χ0n) is 7.62. The van der Waals surface area contributed by atoms with Crippen LogP contribution < -0.4 is 5.73 Å². The molecule has 0 bridgehead atoms. The number of carbonyl (C=O) groups is 2. The summed E-state index contributed by atoms with van der Waals surface area (Å²) in [4.78, 5) is 21.1. The molecule has 0 aliphatic heterocycles. The van der Waals surface area contributed by atoms with Gasteiger partial charge in [-0.3, -0.25) is 9.59 Å². The monoisotopic (exact) mass is 201 g/mol. The number of rotatable bonds is 8. The van der Waals surface area contributed by atoms with E-state index in [9.17, 15) is 9.59 Å². The van der Waals surface area contributed by atoms with E-state index in [1.54, 1.807) is 0 Å². The van der Waals surface area contributed by atoms with Crippen LogP contribution in [0.4, 0.5) is 0 Å². The average molecular weight is 201 g/mol. The van der Waals surface area contributed by atoms with Crippen LogP contribution in [0.2, 0.25) is 0 Å². The Balaban J connectivity index is 3.12. The van der Waals surface area contributed by atoms with E-state index in [0.717, 1.165) is 18.6 Å². The molecule has 0 aliphatic rings. The molecule has 0 aromatic carbocycles. The number of ketones is 1. The fraction of sp³-hybridized carbons (Fsp3) is 0.556. The second-order valence-corrected chi connectivity index (χ2v) is 3.75. The second kappa shape index (κ2) is 7.86. The zero-order chi connectivity index (χ0) is 10.1. The Morgan fingerprint density at radius 2 is 2.08 bits per heavy atom. The maximum atomic E-state index is 10.8. The van der Waals surface area contributed by atoms with E-state index < -0.39 is 0 Å². The van der Waals surface area contributed by atoms with Crippen LogP contribution in [-0.4, -0.2) is 23.2 Å². The number of hydrogen-bond donors (Lipinski definition) is 1. The first-order valence-corrected chi connectivity index (χ1v) is 5.33. The first kappa shape index (κ1) is 12.2. The molecule has 0 atom stereocenters. The largest absolute Gasteiger partial charge is 0.369 e. The topological polar surface area (TPSA) is 60.2 Å². The lowest BCUT2D eigenvalue weighted by Gasteiger charge is -1.97. The molecule has 0 unspecified atom stereocenters. The van der Waals surface area contributed by atoms with Crippen molar-refractivity contribution in [3.05, 3.63) is 12.7 Å². The van der Waals surface area contributed by atoms with E-state index in [0.29, 0.717) is 12.2 Å². The standard InChI is InChI=1S/C9H15NO2S/c1-2-8(11)5-3-4-6-13-7-9(10)12/h2H,1,3-7H2,(H2,10,12). The summed E-state index contributed by atoms with van der Waals surface area (Å²) in [5.41, 5.74) is 4.95. The summed E-state index contributed by atoms with van der Waals surface area (Å²) < 4.78 is 0. The van der Waals surface area contributed by atoms with Gasteiger partial charge in [0.1, 0.15) is 0 Å². The molecule has 0 heterocycles. The molecule has 3 nitrogen and oxygen atoms in total. The number of amides is 1. The van der Waals surface area contributed by atoms with Gasteiger partial charge in [0.2, 0.25) is 5.91 Å². The summed E-state index contributed by atoms with van der Waals surface area (Å²) in [6.07, 6.45) is 3.70. The molecule has 74 valence electrons. The Labute approximate surface area is 82.8 Å². The molecule has 0 saturated carbocycles. The predicted octanol–water partition coefficient (Wildman–Crippen LogP) is 1.13. The van der Waals surface area contributed by atoms with Gasteiger partial charge in [-0.05, 0) is 24.7 Å². The van der Waals surface area contributed by atoms with Crippen LogP contribution in [0.25, 0.3) is 0 Å². The van der Waals surface area contributed by atoms with E-state index >= 15 is 0 Å². The fourth-order valence-electron chi connectivity index (χ4n) is 0.778. The minimum atomic E-state index is -0.285. The van der Waals surface area contributed by atoms with E-state index in [1.807, 2.05) is 0 Å². The summed E-state index contributed by atoms with van der Waals surface area (Å²) in [5.74, 6) is 1.05. The molecule has 1 amide bonds. The molecule has 0 fully saturated rings. The van der Waals surface area contributed by atoms with Gasteiger partial charge in [-0.25, -0.2) is 0 Å². The van der Waals surface area contributed by atoms with Gasteiger partial charge in [0.25, 0.3) is 0 Å². The number of primary amides is 1. The summed E-state index contributed by atoms with van der Waals surface area (Å²) >= 11 is 1.51. The van der Waals surface area contributed by atoms with Gasteiger partial charge < -0.3 is 5.73 Å². The molecule has 0 aliphatic carbocycles. The number of nitrogens with two attached hydrogens (primary N) is 1. The summed E-state index contributed by atoms with van der Waals surface area (Å²) in [5, 5.41) is 0. The summed E-state index contributed by atoms with van der Waals surface area (Å²) in [7, 11) is 0. The lowest BCUT2D eigenvalue weighted by Crippen LogP contribution is -2.13. The van der Waals surface area contributed by atoms with Gasteiger partial charge in [-0.1, -0.05) is 6.58 Å². The number of allylic oxidation sites excluding steroid dienone is 1. The van der Waals surface area contributed by atoms with E-state index in [2.05, 4.69) is 6.58 Å². The molecule has 0 radical (unpaired) electrons. The van der Waals surface area contributed by atoms with Gasteiger partial charge in [-0.15, -0.1) is 0 Å². The minimum absolute atomic E-state index is 0.0832. The van der Waals surface area contributed by atoms with Crippen LogP contribution in [0.15, 0.2) is 12.7 Å². The average Bonchev–Trinajstić information content (AvgIpc) is 2.10. The van der Waals surface area contributed by atoms with Gasteiger partial charge in [0, 0.05) is 6.42 Å². The van der Waals surface area contributed by atoms with Crippen molar-refractivity contribution in [2.75, 3.05) is 11.5 Å². The second-order valence-electron chi connectivity index (χ2n) is 2.65. The van der Waals surface area contributed by atoms with Crippen LogP contribution in [0.5, 0.6) is 0 Å². The normalized spacial score (nSPS) is 9.54. The Hall–Kier alpha value is -0.770. The smallest absolute Gasteiger partial charge is 0.227 e. The lowest BCUT2D eigenvalue weighted by atomic mass is 10.2. The molecule has 13 heavy (non-hydrogen) atoms. The highest BCUT2D eigenvalue weighted by atomic mass is 32.2. The Morgan fingerprint density at radius 3 is 2.62 bits per heavy atom. The summed E-state index contributed by atoms with van der Waals surface area (Å²) in [6.45, 7) is 3.38. The van der Waals surface area contributed by atoms with Crippen LogP contribution in [0.3, 0.4) is 0 Å². The van der Waals surface area contributed by atoms with E-state index in [-0.39, 0.29) is 11.7 Å². The van der Waals surface area contributed by atoms with Crippen molar-refractivity contribution in [1.29, 1.82) is 0 Å². The first-order chi connectivity index (χ1) is 6.16. The van der Waals surface area contributed by atoms with Crippen molar-refractivity contribution in [3.8, 4) is 0 Å². The lowest BCUT2D eigenvalue weighted by molar-refractivity contribution is -0.116. The molecular formula is C9H15NO2S. The third-order valence-corrected chi connectivity index (χ3v) is 2.50. The quantitative estimate of drug-likeness (QED) is 0.473. The van der Waals surface area contributed by atoms with Crippen molar-refractivity contribution in [2.24, 2.45) is 5.73 Å². The molecule has 0 aromatic heterocycles. The van der Waals surface area contributed by atoms with E-state index in [4.69, 9.17) is 5.73 Å². The maximum absolute atomic E-state index is 10.8. The first-order valence-electron chi connectivity index (χ1n) is 4.18. The van der Waals surface area contributed by atoms with Crippen molar-refractivity contribution >= 4 is 23.5 Å². The predicted molar refractivity (Wildman–Crippen MR) is 55.6 cm³/mol. The zero-order valence-corrected chi connectivity index (χ0v) is 8.44. The molecule has 2 N–H and O–H groups in total. The third-order valence-electron chi connectivity index (χ3n) is 1.43. The van der Waals surface area contributed by atoms with Crippen molar-refractivity contribution in [3.63, 3.8) is 0 Å². The van der Waals surface area contributed by atoms with Gasteiger partial charge in [-0.2, -0.15) is 11.8 Å². The molecule has 0 rings (SSSR count). The van der Waals surface area contributed by atoms with Crippen molar-refractivity contribution in [1.82, 2.24) is 0 Å². The van der Waals surface area contributed by atoms with Gasteiger partial charge in [0.05, 0.1) is 5.75 Å². The highest BCUT2D eigenvalue weighted by Gasteiger charge is 1.97.